The summed E-state index contributed by atoms with van der Waals surface area (Å²) in [6.07, 6.45) is -1.27. The molecule has 0 aliphatic carbocycles. The van der Waals surface area contributed by atoms with Crippen LogP contribution in [0, 0.1) is 0 Å². The molecule has 2 N–H and O–H groups in total. The van der Waals surface area contributed by atoms with E-state index in [9.17, 15) is 13.2 Å². The number of halogens is 4. The largest absolute Gasteiger partial charge is 0.542 e. The molecule has 1 aromatic carbocycles. The van der Waals surface area contributed by atoms with Gasteiger partial charge in [0.2, 0.25) is 0 Å². The molecule has 4 nitrogen and oxygen atoms in total. The second-order valence-electron chi connectivity index (χ2n) is 5.49. The molecule has 0 unspecified atom stereocenters. The smallest absolute Gasteiger partial charge is 0.430 e. The number of piperidine rings is 1. The van der Waals surface area contributed by atoms with Crippen molar-refractivity contribution in [2.24, 2.45) is 0 Å². The number of nitrogens with zero attached hydrogens (tertiary/aromatic N) is 1. The van der Waals surface area contributed by atoms with Crippen molar-refractivity contribution >= 4 is 28.9 Å². The standard InChI is InChI=1S/C14H15ClN2S.C2HF3O2/c15-11-6-4-10(5-7-11)13-9-18-14(17-13)12-3-1-2-8-16-12;3-2(4,5)1(6)7/h4-7,9,12,16H,1-3,8H2;(H,6,7)/t12-;/m1./s1. The van der Waals surface area contributed by atoms with Gasteiger partial charge in [-0.25, -0.2) is 4.98 Å². The molecule has 1 aliphatic rings. The minimum absolute atomic E-state index is 0.574. The number of benzene rings is 1. The number of alkyl halides is 3. The monoisotopic (exact) mass is 392 g/mol. The second kappa shape index (κ2) is 8.64. The van der Waals surface area contributed by atoms with Crippen LogP contribution in [0.5, 0.6) is 0 Å². The van der Waals surface area contributed by atoms with Gasteiger partial charge in [-0.15, -0.1) is 11.3 Å². The number of carboxylic acid groups (broad SMARTS) is 1. The molecule has 0 radical (unpaired) electrons. The van der Waals surface area contributed by atoms with Crippen molar-refractivity contribution in [2.75, 3.05) is 6.54 Å². The minimum atomic E-state index is -5.19. The highest BCUT2D eigenvalue weighted by Gasteiger charge is 2.28. The summed E-state index contributed by atoms with van der Waals surface area (Å²) in [7, 11) is 0. The van der Waals surface area contributed by atoms with Crippen LogP contribution in [-0.4, -0.2) is 23.7 Å². The predicted molar refractivity (Wildman–Crippen MR) is 87.0 cm³/mol. The first-order valence-corrected chi connectivity index (χ1v) is 8.86. The number of carbonyl (C=O) groups is 1. The summed E-state index contributed by atoms with van der Waals surface area (Å²) in [4.78, 5) is 13.6. The second-order valence-corrected chi connectivity index (χ2v) is 6.82. The number of quaternary nitrogens is 1. The van der Waals surface area contributed by atoms with E-state index in [1.807, 2.05) is 24.3 Å². The molecular formula is C16H16ClF3N2O2S. The number of carboxylic acids is 1. The number of hydrogen-bond acceptors (Lipinski definition) is 4. The number of rotatable bonds is 2. The topological polar surface area (TPSA) is 69.6 Å². The van der Waals surface area contributed by atoms with Crippen molar-refractivity contribution in [1.82, 2.24) is 4.98 Å². The summed E-state index contributed by atoms with van der Waals surface area (Å²) in [6.45, 7) is 1.24. The maximum absolute atomic E-state index is 10.5. The van der Waals surface area contributed by atoms with Crippen molar-refractivity contribution in [3.63, 3.8) is 0 Å². The van der Waals surface area contributed by atoms with Gasteiger partial charge in [0.1, 0.15) is 12.0 Å². The van der Waals surface area contributed by atoms with E-state index in [-0.39, 0.29) is 0 Å². The molecule has 0 saturated carbocycles. The zero-order valence-electron chi connectivity index (χ0n) is 13.1. The lowest BCUT2D eigenvalue weighted by Gasteiger charge is -2.17. The van der Waals surface area contributed by atoms with E-state index in [0.717, 1.165) is 16.3 Å². The quantitative estimate of drug-likeness (QED) is 0.853. The molecule has 1 fully saturated rings. The third-order valence-electron chi connectivity index (χ3n) is 3.63. The lowest BCUT2D eigenvalue weighted by Crippen LogP contribution is -2.86. The van der Waals surface area contributed by atoms with E-state index in [2.05, 4.69) is 10.7 Å². The highest BCUT2D eigenvalue weighted by molar-refractivity contribution is 7.10. The van der Waals surface area contributed by atoms with Crippen LogP contribution in [0.15, 0.2) is 29.6 Å². The Morgan fingerprint density at radius 1 is 1.28 bits per heavy atom. The Hall–Kier alpha value is -1.64. The fourth-order valence-corrected chi connectivity index (χ4v) is 3.47. The zero-order chi connectivity index (χ0) is 18.4. The third kappa shape index (κ3) is 5.98. The van der Waals surface area contributed by atoms with Crippen LogP contribution < -0.4 is 10.4 Å². The molecule has 1 aliphatic heterocycles. The number of hydrogen-bond donors (Lipinski definition) is 1. The number of aliphatic carboxylic acids is 1. The molecule has 1 atom stereocenters. The van der Waals surface area contributed by atoms with Crippen molar-refractivity contribution in [1.29, 1.82) is 0 Å². The van der Waals surface area contributed by atoms with Crippen molar-refractivity contribution in [3.8, 4) is 11.3 Å². The highest BCUT2D eigenvalue weighted by Crippen LogP contribution is 2.27. The summed E-state index contributed by atoms with van der Waals surface area (Å²) < 4.78 is 31.5. The lowest BCUT2D eigenvalue weighted by atomic mass is 10.1. The van der Waals surface area contributed by atoms with Crippen molar-refractivity contribution in [2.45, 2.75) is 31.5 Å². The number of nitrogens with two attached hydrogens (primary N) is 1. The fraction of sp³-hybridized carbons (Fsp3) is 0.375. The van der Waals surface area contributed by atoms with Gasteiger partial charge < -0.3 is 15.2 Å². The van der Waals surface area contributed by atoms with Crippen molar-refractivity contribution in [3.05, 3.63) is 39.7 Å². The Bertz CT molecular complexity index is 698. The van der Waals surface area contributed by atoms with Gasteiger partial charge in [0.05, 0.1) is 12.2 Å². The van der Waals surface area contributed by atoms with Crippen LogP contribution >= 0.6 is 22.9 Å². The third-order valence-corrected chi connectivity index (χ3v) is 4.86. The first-order chi connectivity index (χ1) is 11.8. The van der Waals surface area contributed by atoms with Gasteiger partial charge in [0.15, 0.2) is 5.01 Å². The van der Waals surface area contributed by atoms with Gasteiger partial charge in [-0.05, 0) is 25.0 Å². The Morgan fingerprint density at radius 2 is 1.92 bits per heavy atom. The van der Waals surface area contributed by atoms with Crippen LogP contribution in [-0.2, 0) is 4.79 Å². The summed E-state index contributed by atoms with van der Waals surface area (Å²) in [6, 6.07) is 8.48. The molecule has 2 heterocycles. The van der Waals surface area contributed by atoms with E-state index in [0.29, 0.717) is 6.04 Å². The zero-order valence-corrected chi connectivity index (χ0v) is 14.6. The molecule has 0 spiro atoms. The maximum Gasteiger partial charge on any atom is 0.430 e. The average Bonchev–Trinajstić information content (AvgIpc) is 3.06. The molecule has 0 amide bonds. The van der Waals surface area contributed by atoms with Crippen LogP contribution in [0.3, 0.4) is 0 Å². The van der Waals surface area contributed by atoms with E-state index in [4.69, 9.17) is 26.5 Å². The Kier molecular flexibility index (Phi) is 6.80. The van der Waals surface area contributed by atoms with E-state index < -0.39 is 12.1 Å². The Balaban J connectivity index is 0.000000277. The lowest BCUT2D eigenvalue weighted by molar-refractivity contribution is -0.704. The number of thiazole rings is 1. The normalized spacial score (nSPS) is 17.5. The van der Waals surface area contributed by atoms with Gasteiger partial charge in [-0.3, -0.25) is 0 Å². The minimum Gasteiger partial charge on any atom is -0.542 e. The van der Waals surface area contributed by atoms with E-state index in [1.54, 1.807) is 11.3 Å². The van der Waals surface area contributed by atoms with Gasteiger partial charge in [0.25, 0.3) is 0 Å². The SMILES string of the molecule is Clc1ccc(-c2csc([C@H]3CCCC[NH2+]3)n2)cc1.O=C([O-])C(F)(F)F. The Labute approximate surface area is 151 Å². The van der Waals surface area contributed by atoms with Crippen LogP contribution in [0.4, 0.5) is 13.2 Å². The molecule has 25 heavy (non-hydrogen) atoms. The summed E-state index contributed by atoms with van der Waals surface area (Å²) in [5.41, 5.74) is 2.23. The summed E-state index contributed by atoms with van der Waals surface area (Å²) in [5, 5.41) is 15.4. The van der Waals surface area contributed by atoms with Crippen LogP contribution in [0.25, 0.3) is 11.3 Å². The van der Waals surface area contributed by atoms with Gasteiger partial charge >= 0.3 is 6.18 Å². The molecule has 136 valence electrons. The molecular weight excluding hydrogens is 377 g/mol. The van der Waals surface area contributed by atoms with Crippen molar-refractivity contribution < 1.29 is 28.4 Å². The fourth-order valence-electron chi connectivity index (χ4n) is 2.38. The highest BCUT2D eigenvalue weighted by atomic mass is 35.5. The molecule has 1 saturated heterocycles. The van der Waals surface area contributed by atoms with E-state index in [1.165, 1.54) is 30.8 Å². The molecule has 3 rings (SSSR count). The molecule has 2 aromatic rings. The summed E-state index contributed by atoms with van der Waals surface area (Å²) >= 11 is 7.68. The van der Waals surface area contributed by atoms with E-state index >= 15 is 0 Å². The first kappa shape index (κ1) is 19.7. The number of aromatic nitrogens is 1. The van der Waals surface area contributed by atoms with Crippen LogP contribution in [0.1, 0.15) is 30.3 Å². The van der Waals surface area contributed by atoms with Gasteiger partial charge in [-0.1, -0.05) is 23.7 Å². The predicted octanol–water partition coefficient (Wildman–Crippen LogP) is 2.55. The van der Waals surface area contributed by atoms with Crippen LogP contribution in [0.2, 0.25) is 5.02 Å². The number of carbonyl (C=O) groups excluding carboxylic acids is 1. The molecule has 9 heteroatoms. The Morgan fingerprint density at radius 3 is 2.44 bits per heavy atom. The maximum atomic E-state index is 10.5. The average molecular weight is 393 g/mol. The molecule has 0 bridgehead atoms. The van der Waals surface area contributed by atoms with Gasteiger partial charge in [0, 0.05) is 22.4 Å². The summed E-state index contributed by atoms with van der Waals surface area (Å²) in [5.74, 6) is -3.01. The first-order valence-electron chi connectivity index (χ1n) is 7.60. The van der Waals surface area contributed by atoms with Gasteiger partial charge in [-0.2, -0.15) is 13.2 Å². The molecule has 1 aromatic heterocycles.